The molecular weight excluding hydrogens is 429 g/mol. The van der Waals surface area contributed by atoms with Crippen molar-refractivity contribution in [1.82, 2.24) is 15.1 Å². The summed E-state index contributed by atoms with van der Waals surface area (Å²) in [6.07, 6.45) is 3.03. The van der Waals surface area contributed by atoms with Gasteiger partial charge in [-0.05, 0) is 25.0 Å². The number of nitriles is 1. The van der Waals surface area contributed by atoms with Crippen LogP contribution in [0.15, 0.2) is 48.0 Å². The summed E-state index contributed by atoms with van der Waals surface area (Å²) in [5, 5.41) is 16.7. The second kappa shape index (κ2) is 10.4. The number of anilines is 1. The van der Waals surface area contributed by atoms with E-state index in [-0.39, 0.29) is 24.0 Å². The van der Waals surface area contributed by atoms with E-state index < -0.39 is 0 Å². The number of nitrogens with zero attached hydrogens (tertiary/aromatic N) is 4. The van der Waals surface area contributed by atoms with Crippen LogP contribution in [0.4, 0.5) is 5.82 Å². The minimum absolute atomic E-state index is 0. The van der Waals surface area contributed by atoms with Crippen molar-refractivity contribution in [3.8, 4) is 11.8 Å². The summed E-state index contributed by atoms with van der Waals surface area (Å²) >= 11 is 0. The zero-order valence-corrected chi connectivity index (χ0v) is 16.2. The molecule has 0 saturated carbocycles. The summed E-state index contributed by atoms with van der Waals surface area (Å²) in [7, 11) is 0. The van der Waals surface area contributed by atoms with Crippen molar-refractivity contribution < 1.29 is 0 Å². The molecule has 132 valence electrons. The monoisotopic (exact) mass is 451 g/mol. The fourth-order valence-electron chi connectivity index (χ4n) is 2.22. The van der Waals surface area contributed by atoms with E-state index >= 15 is 0 Å². The number of hydrogen-bond donors (Lipinski definition) is 3. The Labute approximate surface area is 164 Å². The molecule has 0 aliphatic rings. The highest BCUT2D eigenvalue weighted by atomic mass is 127. The van der Waals surface area contributed by atoms with Gasteiger partial charge in [0.1, 0.15) is 17.5 Å². The Kier molecular flexibility index (Phi) is 8.49. The molecule has 0 spiro atoms. The number of para-hydroxylation sites is 1. The van der Waals surface area contributed by atoms with E-state index in [0.29, 0.717) is 42.5 Å². The molecule has 2 aromatic rings. The average molecular weight is 451 g/mol. The molecule has 0 amide bonds. The highest BCUT2D eigenvalue weighted by Gasteiger charge is 2.15. The summed E-state index contributed by atoms with van der Waals surface area (Å²) in [6.45, 7) is 4.71. The van der Waals surface area contributed by atoms with Gasteiger partial charge in [0.2, 0.25) is 0 Å². The van der Waals surface area contributed by atoms with E-state index in [1.165, 1.54) is 0 Å². The van der Waals surface area contributed by atoms with Crippen molar-refractivity contribution in [2.45, 2.75) is 12.8 Å². The third-order valence-electron chi connectivity index (χ3n) is 3.39. The Morgan fingerprint density at radius 2 is 2.12 bits per heavy atom. The lowest BCUT2D eigenvalue weighted by atomic mass is 10.1. The number of hydrogen-bond acceptors (Lipinski definition) is 4. The predicted molar refractivity (Wildman–Crippen MR) is 111 cm³/mol. The van der Waals surface area contributed by atoms with Crippen molar-refractivity contribution in [1.29, 1.82) is 5.26 Å². The van der Waals surface area contributed by atoms with Crippen LogP contribution >= 0.6 is 24.0 Å². The molecule has 0 unspecified atom stereocenters. The third kappa shape index (κ3) is 5.49. The Hall–Kier alpha value is -2.54. The fraction of sp³-hybridized carbons (Fsp3) is 0.235. The molecule has 1 heterocycles. The van der Waals surface area contributed by atoms with E-state index in [4.69, 9.17) is 11.5 Å². The molecule has 0 saturated heterocycles. The smallest absolute Gasteiger partial charge is 0.188 e. The first kappa shape index (κ1) is 20.5. The molecule has 0 aliphatic carbocycles. The van der Waals surface area contributed by atoms with Crippen LogP contribution < -0.4 is 16.8 Å². The number of guanidine groups is 1. The number of nitrogens with one attached hydrogen (secondary N) is 1. The maximum Gasteiger partial charge on any atom is 0.188 e. The minimum atomic E-state index is 0. The Balaban J connectivity index is 0.00000312. The van der Waals surface area contributed by atoms with Gasteiger partial charge in [0, 0.05) is 13.1 Å². The number of nitrogens with two attached hydrogens (primary N) is 2. The van der Waals surface area contributed by atoms with E-state index in [9.17, 15) is 5.26 Å². The van der Waals surface area contributed by atoms with Gasteiger partial charge in [0.25, 0.3) is 0 Å². The molecule has 1 aromatic carbocycles. The van der Waals surface area contributed by atoms with Gasteiger partial charge in [-0.3, -0.25) is 4.99 Å². The molecule has 0 aliphatic heterocycles. The molecule has 2 rings (SSSR count). The Morgan fingerprint density at radius 3 is 2.76 bits per heavy atom. The number of aryl methyl sites for hydroxylation is 1. The summed E-state index contributed by atoms with van der Waals surface area (Å²) < 4.78 is 1.59. The van der Waals surface area contributed by atoms with Crippen LogP contribution in [0.3, 0.4) is 0 Å². The average Bonchev–Trinajstić information content (AvgIpc) is 2.93. The minimum Gasteiger partial charge on any atom is -0.382 e. The first-order chi connectivity index (χ1) is 11.7. The lowest BCUT2D eigenvalue weighted by molar-refractivity contribution is 0.773. The topological polar surface area (TPSA) is 118 Å². The number of aromatic nitrogens is 2. The van der Waals surface area contributed by atoms with Crippen LogP contribution in [0.5, 0.6) is 0 Å². The van der Waals surface area contributed by atoms with Gasteiger partial charge in [0.15, 0.2) is 5.96 Å². The summed E-state index contributed by atoms with van der Waals surface area (Å²) in [6, 6.07) is 11.6. The molecular formula is C17H22IN7. The molecule has 7 nitrogen and oxygen atoms in total. The van der Waals surface area contributed by atoms with Crippen molar-refractivity contribution in [3.05, 3.63) is 54.2 Å². The van der Waals surface area contributed by atoms with Gasteiger partial charge in [-0.2, -0.15) is 10.4 Å². The molecule has 0 radical (unpaired) electrons. The van der Waals surface area contributed by atoms with Gasteiger partial charge >= 0.3 is 0 Å². The van der Waals surface area contributed by atoms with Gasteiger partial charge in [-0.1, -0.05) is 24.3 Å². The Bertz CT molecular complexity index is 759. The number of nitrogen functional groups attached to an aromatic ring is 1. The molecule has 8 heteroatoms. The van der Waals surface area contributed by atoms with Crippen LogP contribution in [-0.4, -0.2) is 28.8 Å². The maximum atomic E-state index is 9.35. The molecule has 0 fully saturated rings. The normalized spacial score (nSPS) is 10.6. The zero-order chi connectivity index (χ0) is 17.4. The quantitative estimate of drug-likeness (QED) is 0.196. The van der Waals surface area contributed by atoms with E-state index in [1.807, 2.05) is 30.3 Å². The van der Waals surface area contributed by atoms with Crippen molar-refractivity contribution >= 4 is 35.8 Å². The highest BCUT2D eigenvalue weighted by molar-refractivity contribution is 14.0. The predicted octanol–water partition coefficient (Wildman–Crippen LogP) is 1.97. The van der Waals surface area contributed by atoms with Crippen LogP contribution in [0.1, 0.15) is 17.7 Å². The van der Waals surface area contributed by atoms with E-state index in [2.05, 4.69) is 28.1 Å². The first-order valence-corrected chi connectivity index (χ1v) is 7.65. The van der Waals surface area contributed by atoms with Gasteiger partial charge in [0.05, 0.1) is 11.4 Å². The van der Waals surface area contributed by atoms with Gasteiger partial charge in [-0.25, -0.2) is 4.68 Å². The molecule has 1 aromatic heterocycles. The van der Waals surface area contributed by atoms with Crippen LogP contribution in [0, 0.1) is 11.3 Å². The van der Waals surface area contributed by atoms with Gasteiger partial charge < -0.3 is 16.8 Å². The summed E-state index contributed by atoms with van der Waals surface area (Å²) in [5.41, 5.74) is 13.7. The molecule has 0 bridgehead atoms. The Morgan fingerprint density at radius 1 is 1.40 bits per heavy atom. The van der Waals surface area contributed by atoms with Crippen LogP contribution in [0.2, 0.25) is 0 Å². The maximum absolute atomic E-state index is 9.35. The number of benzene rings is 1. The number of halogens is 1. The standard InChI is InChI=1S/C17H21N7.HI/c1-2-10-21-17(20)22-11-6-9-15-14(12-18)16(19)24(23-15)13-7-4-3-5-8-13;/h2-5,7-8H,1,6,9-11,19H2,(H3,20,21,22);1H. The fourth-order valence-corrected chi connectivity index (χ4v) is 2.22. The third-order valence-corrected chi connectivity index (χ3v) is 3.39. The zero-order valence-electron chi connectivity index (χ0n) is 13.9. The number of aliphatic imine (C=N–C) groups is 1. The SMILES string of the molecule is C=CCNC(N)=NCCCc1nn(-c2ccccc2)c(N)c1C#N.I. The first-order valence-electron chi connectivity index (χ1n) is 7.65. The largest absolute Gasteiger partial charge is 0.382 e. The van der Waals surface area contributed by atoms with Crippen molar-refractivity contribution in [3.63, 3.8) is 0 Å². The highest BCUT2D eigenvalue weighted by Crippen LogP contribution is 2.21. The van der Waals surface area contributed by atoms with Crippen molar-refractivity contribution in [2.75, 3.05) is 18.8 Å². The summed E-state index contributed by atoms with van der Waals surface area (Å²) in [4.78, 5) is 4.21. The lowest BCUT2D eigenvalue weighted by Crippen LogP contribution is -2.31. The van der Waals surface area contributed by atoms with Crippen LogP contribution in [0.25, 0.3) is 5.69 Å². The second-order valence-electron chi connectivity index (χ2n) is 5.11. The molecule has 0 atom stereocenters. The molecule has 5 N–H and O–H groups in total. The number of rotatable bonds is 7. The van der Waals surface area contributed by atoms with E-state index in [0.717, 1.165) is 12.1 Å². The second-order valence-corrected chi connectivity index (χ2v) is 5.11. The van der Waals surface area contributed by atoms with Crippen molar-refractivity contribution in [2.24, 2.45) is 10.7 Å². The van der Waals surface area contributed by atoms with Gasteiger partial charge in [-0.15, -0.1) is 30.6 Å². The van der Waals surface area contributed by atoms with E-state index in [1.54, 1.807) is 10.8 Å². The lowest BCUT2D eigenvalue weighted by Gasteiger charge is -2.02. The molecule has 25 heavy (non-hydrogen) atoms. The summed E-state index contributed by atoms with van der Waals surface area (Å²) in [5.74, 6) is 0.735. The van der Waals surface area contributed by atoms with Crippen LogP contribution in [-0.2, 0) is 6.42 Å².